The van der Waals surface area contributed by atoms with Crippen LogP contribution in [0.15, 0.2) is 30.0 Å². The van der Waals surface area contributed by atoms with E-state index in [1.165, 1.54) is 16.8 Å². The van der Waals surface area contributed by atoms with Gasteiger partial charge in [-0.3, -0.25) is 0 Å². The maximum Gasteiger partial charge on any atom is 0.352 e. The van der Waals surface area contributed by atoms with Gasteiger partial charge in [0.05, 0.1) is 0 Å². The molecule has 21 heavy (non-hydrogen) atoms. The van der Waals surface area contributed by atoms with Crippen LogP contribution in [-0.4, -0.2) is 25.8 Å². The normalized spacial score (nSPS) is 16.9. The molecule has 3 rings (SSSR count). The Hall–Kier alpha value is -2.77. The van der Waals surface area contributed by atoms with Gasteiger partial charge in [0.2, 0.25) is 5.95 Å². The van der Waals surface area contributed by atoms with Crippen molar-refractivity contribution in [1.82, 2.24) is 14.8 Å². The Morgan fingerprint density at radius 1 is 1.43 bits per heavy atom. The molecule has 8 heteroatoms. The molecule has 1 unspecified atom stereocenters. The molecule has 0 saturated heterocycles. The molecular weight excluding hydrogens is 282 g/mol. The molecule has 0 fully saturated rings. The number of anilines is 1. The first-order valence-corrected chi connectivity index (χ1v) is 6.06. The maximum absolute atomic E-state index is 14.0. The average Bonchev–Trinajstić information content (AvgIpc) is 2.78. The second-order valence-corrected chi connectivity index (χ2v) is 4.55. The summed E-state index contributed by atoms with van der Waals surface area (Å²) in [5, 5.41) is 15.8. The van der Waals surface area contributed by atoms with E-state index in [0.29, 0.717) is 5.82 Å². The van der Waals surface area contributed by atoms with Crippen molar-refractivity contribution in [3.05, 3.63) is 53.0 Å². The van der Waals surface area contributed by atoms with Gasteiger partial charge < -0.3 is 10.4 Å². The van der Waals surface area contributed by atoms with Gasteiger partial charge in [-0.1, -0.05) is 6.07 Å². The number of nitrogens with zero attached hydrogens (tertiary/aromatic N) is 3. The molecule has 2 aromatic rings. The summed E-state index contributed by atoms with van der Waals surface area (Å²) >= 11 is 0. The Kier molecular flexibility index (Phi) is 2.93. The van der Waals surface area contributed by atoms with Crippen LogP contribution in [0.5, 0.6) is 0 Å². The van der Waals surface area contributed by atoms with Gasteiger partial charge in [-0.2, -0.15) is 10.1 Å². The maximum atomic E-state index is 14.0. The molecule has 0 spiro atoms. The zero-order chi connectivity index (χ0) is 15.1. The zero-order valence-electron chi connectivity index (χ0n) is 10.8. The Labute approximate surface area is 117 Å². The van der Waals surface area contributed by atoms with E-state index in [9.17, 15) is 13.6 Å². The molecule has 0 aliphatic carbocycles. The van der Waals surface area contributed by atoms with Crippen molar-refractivity contribution in [2.24, 2.45) is 0 Å². The molecule has 1 aromatic carbocycles. The molecule has 0 radical (unpaired) electrons. The van der Waals surface area contributed by atoms with E-state index < -0.39 is 23.6 Å². The minimum Gasteiger partial charge on any atom is -0.477 e. The van der Waals surface area contributed by atoms with Crippen LogP contribution in [0.2, 0.25) is 0 Å². The van der Waals surface area contributed by atoms with Crippen molar-refractivity contribution in [2.75, 3.05) is 5.32 Å². The van der Waals surface area contributed by atoms with E-state index >= 15 is 0 Å². The lowest BCUT2D eigenvalue weighted by molar-refractivity contribution is -0.132. The number of halogens is 2. The predicted molar refractivity (Wildman–Crippen MR) is 68.6 cm³/mol. The fraction of sp³-hybridized carbons (Fsp3) is 0.154. The number of rotatable bonds is 2. The van der Waals surface area contributed by atoms with Crippen LogP contribution in [0, 0.1) is 18.6 Å². The lowest BCUT2D eigenvalue weighted by atomic mass is 10.0. The van der Waals surface area contributed by atoms with E-state index in [2.05, 4.69) is 15.4 Å². The van der Waals surface area contributed by atoms with E-state index in [-0.39, 0.29) is 17.2 Å². The van der Waals surface area contributed by atoms with Crippen molar-refractivity contribution >= 4 is 11.9 Å². The first-order valence-electron chi connectivity index (χ1n) is 6.06. The second-order valence-electron chi connectivity index (χ2n) is 4.55. The van der Waals surface area contributed by atoms with Gasteiger partial charge in [0, 0.05) is 11.6 Å². The van der Waals surface area contributed by atoms with Gasteiger partial charge in [0.1, 0.15) is 29.2 Å². The highest BCUT2D eigenvalue weighted by Gasteiger charge is 2.28. The lowest BCUT2D eigenvalue weighted by Crippen LogP contribution is -2.24. The van der Waals surface area contributed by atoms with E-state index in [0.717, 1.165) is 12.1 Å². The average molecular weight is 292 g/mol. The summed E-state index contributed by atoms with van der Waals surface area (Å²) < 4.78 is 28.3. The fourth-order valence-electron chi connectivity index (χ4n) is 2.19. The van der Waals surface area contributed by atoms with Gasteiger partial charge in [0.25, 0.3) is 0 Å². The highest BCUT2D eigenvalue weighted by Crippen LogP contribution is 2.30. The fourth-order valence-corrected chi connectivity index (χ4v) is 2.19. The van der Waals surface area contributed by atoms with Crippen molar-refractivity contribution in [1.29, 1.82) is 0 Å². The van der Waals surface area contributed by atoms with Crippen LogP contribution in [0.3, 0.4) is 0 Å². The number of fused-ring (bicyclic) bond motifs is 1. The third-order valence-corrected chi connectivity index (χ3v) is 3.08. The topological polar surface area (TPSA) is 80.0 Å². The van der Waals surface area contributed by atoms with Crippen LogP contribution >= 0.6 is 0 Å². The summed E-state index contributed by atoms with van der Waals surface area (Å²) in [6.45, 7) is 1.63. The quantitative estimate of drug-likeness (QED) is 0.883. The number of aromatic nitrogens is 3. The van der Waals surface area contributed by atoms with Crippen LogP contribution in [0.4, 0.5) is 14.7 Å². The SMILES string of the molecule is Cc1nc2n(n1)C(c1ccc(F)cc1F)C=C(C(=O)O)N2. The van der Waals surface area contributed by atoms with Crippen molar-refractivity contribution < 1.29 is 18.7 Å². The Balaban J connectivity index is 2.16. The number of benzene rings is 1. The number of carboxylic acids is 1. The first-order chi connectivity index (χ1) is 9.95. The molecule has 1 aliphatic heterocycles. The van der Waals surface area contributed by atoms with Crippen LogP contribution < -0.4 is 5.32 Å². The van der Waals surface area contributed by atoms with Crippen molar-refractivity contribution in [3.8, 4) is 0 Å². The van der Waals surface area contributed by atoms with Crippen molar-refractivity contribution in [3.63, 3.8) is 0 Å². The lowest BCUT2D eigenvalue weighted by Gasteiger charge is -2.22. The number of hydrogen-bond acceptors (Lipinski definition) is 4. The zero-order valence-corrected chi connectivity index (χ0v) is 10.8. The summed E-state index contributed by atoms with van der Waals surface area (Å²) in [6, 6.07) is 2.30. The van der Waals surface area contributed by atoms with Gasteiger partial charge in [-0.25, -0.2) is 18.3 Å². The molecule has 6 nitrogen and oxygen atoms in total. The molecule has 0 amide bonds. The summed E-state index contributed by atoms with van der Waals surface area (Å²) in [6.07, 6.45) is 1.31. The number of hydrogen-bond donors (Lipinski definition) is 2. The molecule has 1 aliphatic rings. The second kappa shape index (κ2) is 4.65. The number of aryl methyl sites for hydroxylation is 1. The number of aliphatic carboxylic acids is 1. The molecule has 0 bridgehead atoms. The number of carbonyl (C=O) groups is 1. The molecule has 108 valence electrons. The van der Waals surface area contributed by atoms with Gasteiger partial charge >= 0.3 is 5.97 Å². The molecular formula is C13H10F2N4O2. The summed E-state index contributed by atoms with van der Waals surface area (Å²) in [7, 11) is 0. The third-order valence-electron chi connectivity index (χ3n) is 3.08. The molecule has 2 N–H and O–H groups in total. The standard InChI is InChI=1S/C13H10F2N4O2/c1-6-16-13-17-10(12(20)21)5-11(19(13)18-6)8-3-2-7(14)4-9(8)15/h2-5,11H,1H3,(H,20,21)(H,16,17,18). The minimum absolute atomic E-state index is 0.114. The summed E-state index contributed by atoms with van der Waals surface area (Å²) in [5.74, 6) is -2.08. The number of carboxylic acid groups (broad SMARTS) is 1. The van der Waals surface area contributed by atoms with Crippen LogP contribution in [-0.2, 0) is 4.79 Å². The van der Waals surface area contributed by atoms with Gasteiger partial charge in [0.15, 0.2) is 0 Å². The van der Waals surface area contributed by atoms with Crippen LogP contribution in [0.25, 0.3) is 0 Å². The summed E-state index contributed by atoms with van der Waals surface area (Å²) in [5.41, 5.74) is -0.0218. The monoisotopic (exact) mass is 292 g/mol. The first kappa shape index (κ1) is 13.2. The number of nitrogens with one attached hydrogen (secondary N) is 1. The van der Waals surface area contributed by atoms with E-state index in [4.69, 9.17) is 5.11 Å². The minimum atomic E-state index is -1.20. The highest BCUT2D eigenvalue weighted by molar-refractivity contribution is 5.90. The van der Waals surface area contributed by atoms with Crippen molar-refractivity contribution in [2.45, 2.75) is 13.0 Å². The Morgan fingerprint density at radius 2 is 2.19 bits per heavy atom. The Morgan fingerprint density at radius 3 is 2.86 bits per heavy atom. The van der Waals surface area contributed by atoms with E-state index in [1.807, 2.05) is 0 Å². The molecule has 2 heterocycles. The Bertz CT molecular complexity index is 770. The van der Waals surface area contributed by atoms with E-state index in [1.54, 1.807) is 6.92 Å². The molecule has 0 saturated carbocycles. The largest absolute Gasteiger partial charge is 0.477 e. The summed E-state index contributed by atoms with van der Waals surface area (Å²) in [4.78, 5) is 15.2. The molecule has 1 aromatic heterocycles. The van der Waals surface area contributed by atoms with Gasteiger partial charge in [-0.05, 0) is 19.1 Å². The van der Waals surface area contributed by atoms with Gasteiger partial charge in [-0.15, -0.1) is 0 Å². The molecule has 1 atom stereocenters. The van der Waals surface area contributed by atoms with Crippen LogP contribution in [0.1, 0.15) is 17.4 Å². The number of allylic oxidation sites excluding steroid dienone is 1. The predicted octanol–water partition coefficient (Wildman–Crippen LogP) is 1.85. The third kappa shape index (κ3) is 2.24. The highest BCUT2D eigenvalue weighted by atomic mass is 19.1. The smallest absolute Gasteiger partial charge is 0.352 e.